The van der Waals surface area contributed by atoms with E-state index in [-0.39, 0.29) is 39.4 Å². The number of anilines is 2. The van der Waals surface area contributed by atoms with Gasteiger partial charge in [0.25, 0.3) is 0 Å². The summed E-state index contributed by atoms with van der Waals surface area (Å²) in [5.41, 5.74) is 1.25. The van der Waals surface area contributed by atoms with E-state index in [0.29, 0.717) is 30.6 Å². The first kappa shape index (κ1) is 28.0. The van der Waals surface area contributed by atoms with Gasteiger partial charge in [0.15, 0.2) is 0 Å². The number of hydrogen-bond donors (Lipinski definition) is 3. The summed E-state index contributed by atoms with van der Waals surface area (Å²) < 4.78 is 20.0. The fraction of sp³-hybridized carbons (Fsp3) is 0.360. The lowest BCUT2D eigenvalue weighted by Crippen LogP contribution is -2.26. The molecule has 0 aliphatic heterocycles. The predicted octanol–water partition coefficient (Wildman–Crippen LogP) is 4.31. The van der Waals surface area contributed by atoms with Crippen LogP contribution in [0.3, 0.4) is 0 Å². The second kappa shape index (κ2) is 17.2. The van der Waals surface area contributed by atoms with Gasteiger partial charge in [-0.25, -0.2) is 14.4 Å². The van der Waals surface area contributed by atoms with Gasteiger partial charge in [-0.2, -0.15) is 0 Å². The second-order valence-corrected chi connectivity index (χ2v) is 7.35. The molecule has 11 nitrogen and oxygen atoms in total. The Kier molecular flexibility index (Phi) is 13.4. The van der Waals surface area contributed by atoms with Crippen LogP contribution in [0, 0.1) is 0 Å². The molecular formula is C25H31N3O8. The summed E-state index contributed by atoms with van der Waals surface area (Å²) in [5, 5.41) is 7.68. The Balaban J connectivity index is 1.37. The summed E-state index contributed by atoms with van der Waals surface area (Å²) in [5.74, 6) is -0.412. The van der Waals surface area contributed by atoms with Crippen molar-refractivity contribution in [3.63, 3.8) is 0 Å². The summed E-state index contributed by atoms with van der Waals surface area (Å²) >= 11 is 0. The Hall–Kier alpha value is -4.28. The van der Waals surface area contributed by atoms with Gasteiger partial charge in [0.05, 0.1) is 26.4 Å². The first-order valence-electron chi connectivity index (χ1n) is 11.6. The number of amides is 3. The van der Waals surface area contributed by atoms with Gasteiger partial charge >= 0.3 is 24.2 Å². The fourth-order valence-electron chi connectivity index (χ4n) is 2.70. The van der Waals surface area contributed by atoms with Crippen LogP contribution in [0.1, 0.15) is 25.7 Å². The van der Waals surface area contributed by atoms with Crippen LogP contribution >= 0.6 is 0 Å². The molecule has 36 heavy (non-hydrogen) atoms. The molecular weight excluding hydrogens is 470 g/mol. The van der Waals surface area contributed by atoms with Crippen LogP contribution in [-0.4, -0.2) is 57.2 Å². The Bertz CT molecular complexity index is 863. The molecule has 3 N–H and O–H groups in total. The molecule has 194 valence electrons. The molecule has 3 amide bonds. The zero-order chi connectivity index (χ0) is 25.8. The van der Waals surface area contributed by atoms with Crippen molar-refractivity contribution in [2.45, 2.75) is 25.7 Å². The molecule has 0 aromatic heterocycles. The Morgan fingerprint density at radius 2 is 1.00 bits per heavy atom. The third-order valence-electron chi connectivity index (χ3n) is 4.41. The number of carbonyl (C=O) groups excluding carboxylic acids is 4. The van der Waals surface area contributed by atoms with Crippen LogP contribution in [-0.2, 0) is 23.7 Å². The lowest BCUT2D eigenvalue weighted by Gasteiger charge is -2.09. The van der Waals surface area contributed by atoms with Crippen molar-refractivity contribution >= 4 is 35.6 Å². The number of rotatable bonds is 14. The first-order valence-corrected chi connectivity index (χ1v) is 11.6. The molecule has 11 heteroatoms. The summed E-state index contributed by atoms with van der Waals surface area (Å²) in [6.45, 7) is 0.658. The van der Waals surface area contributed by atoms with Crippen LogP contribution in [0.5, 0.6) is 0 Å². The maximum atomic E-state index is 11.7. The lowest BCUT2D eigenvalue weighted by molar-refractivity contribution is -0.144. The van der Waals surface area contributed by atoms with E-state index < -0.39 is 24.2 Å². The Labute approximate surface area is 209 Å². The number of para-hydroxylation sites is 2. The summed E-state index contributed by atoms with van der Waals surface area (Å²) in [7, 11) is 0. The van der Waals surface area contributed by atoms with E-state index in [0.717, 1.165) is 0 Å². The molecule has 0 aliphatic carbocycles. The smallest absolute Gasteiger partial charge is 0.411 e. The minimum atomic E-state index is -0.622. The summed E-state index contributed by atoms with van der Waals surface area (Å²) in [6, 6.07) is 17.8. The van der Waals surface area contributed by atoms with Crippen LogP contribution in [0.4, 0.5) is 25.8 Å². The standard InChI is InChI=1S/C25H31N3O8/c29-22(33-16-8-18-35-24(31)27-20-10-3-1-4-11-20)14-7-15-26-23(30)34-17-9-19-36-25(32)28-21-12-5-2-6-13-21/h1-6,10-13H,7-9,14-19H2,(H,26,30)(H,27,31)(H,28,32). The van der Waals surface area contributed by atoms with Crippen LogP contribution in [0.2, 0.25) is 0 Å². The predicted molar refractivity (Wildman–Crippen MR) is 132 cm³/mol. The van der Waals surface area contributed by atoms with Crippen molar-refractivity contribution in [1.29, 1.82) is 0 Å². The van der Waals surface area contributed by atoms with E-state index in [4.69, 9.17) is 18.9 Å². The molecule has 0 saturated carbocycles. The van der Waals surface area contributed by atoms with Gasteiger partial charge in [-0.3, -0.25) is 15.4 Å². The molecule has 0 unspecified atom stereocenters. The molecule has 0 aliphatic rings. The van der Waals surface area contributed by atoms with E-state index in [1.165, 1.54) is 0 Å². The molecule has 0 spiro atoms. The highest BCUT2D eigenvalue weighted by atomic mass is 16.6. The SMILES string of the molecule is O=C(CCCNC(=O)OCCCOC(=O)Nc1ccccc1)OCCCOC(=O)Nc1ccccc1. The van der Waals surface area contributed by atoms with E-state index in [1.807, 2.05) is 12.1 Å². The highest BCUT2D eigenvalue weighted by molar-refractivity contribution is 5.85. The van der Waals surface area contributed by atoms with Gasteiger partial charge in [-0.1, -0.05) is 36.4 Å². The second-order valence-electron chi connectivity index (χ2n) is 7.35. The van der Waals surface area contributed by atoms with Crippen LogP contribution in [0.15, 0.2) is 60.7 Å². The van der Waals surface area contributed by atoms with E-state index in [1.54, 1.807) is 48.5 Å². The van der Waals surface area contributed by atoms with E-state index in [9.17, 15) is 19.2 Å². The first-order chi connectivity index (χ1) is 17.5. The molecule has 0 heterocycles. The lowest BCUT2D eigenvalue weighted by atomic mass is 10.3. The molecule has 0 atom stereocenters. The molecule has 2 rings (SSSR count). The van der Waals surface area contributed by atoms with Gasteiger partial charge in [-0.15, -0.1) is 0 Å². The number of ether oxygens (including phenoxy) is 4. The zero-order valence-electron chi connectivity index (χ0n) is 19.9. The van der Waals surface area contributed by atoms with Gasteiger partial charge in [0, 0.05) is 37.2 Å². The van der Waals surface area contributed by atoms with E-state index >= 15 is 0 Å². The van der Waals surface area contributed by atoms with Crippen molar-refractivity contribution in [2.75, 3.05) is 43.6 Å². The number of benzene rings is 2. The van der Waals surface area contributed by atoms with Gasteiger partial charge in [0.2, 0.25) is 0 Å². The molecule has 2 aromatic carbocycles. The monoisotopic (exact) mass is 501 g/mol. The topological polar surface area (TPSA) is 141 Å². The van der Waals surface area contributed by atoms with Gasteiger partial charge < -0.3 is 24.3 Å². The highest BCUT2D eigenvalue weighted by Crippen LogP contribution is 2.06. The van der Waals surface area contributed by atoms with Crippen molar-refractivity contribution in [2.24, 2.45) is 0 Å². The number of esters is 1. The zero-order valence-corrected chi connectivity index (χ0v) is 19.9. The Morgan fingerprint density at radius 1 is 0.556 bits per heavy atom. The largest absolute Gasteiger partial charge is 0.466 e. The summed E-state index contributed by atoms with van der Waals surface area (Å²) in [6.07, 6.45) is -0.559. The average molecular weight is 502 g/mol. The fourth-order valence-corrected chi connectivity index (χ4v) is 2.70. The van der Waals surface area contributed by atoms with Crippen LogP contribution < -0.4 is 16.0 Å². The van der Waals surface area contributed by atoms with Gasteiger partial charge in [0.1, 0.15) is 0 Å². The van der Waals surface area contributed by atoms with E-state index in [2.05, 4.69) is 16.0 Å². The Morgan fingerprint density at radius 3 is 1.50 bits per heavy atom. The molecule has 0 fully saturated rings. The molecule has 0 bridgehead atoms. The maximum absolute atomic E-state index is 11.7. The van der Waals surface area contributed by atoms with Crippen molar-refractivity contribution in [3.05, 3.63) is 60.7 Å². The van der Waals surface area contributed by atoms with Crippen molar-refractivity contribution in [3.8, 4) is 0 Å². The third kappa shape index (κ3) is 13.4. The van der Waals surface area contributed by atoms with Crippen molar-refractivity contribution < 1.29 is 38.1 Å². The van der Waals surface area contributed by atoms with Crippen LogP contribution in [0.25, 0.3) is 0 Å². The average Bonchev–Trinajstić information content (AvgIpc) is 2.87. The molecule has 2 aromatic rings. The minimum absolute atomic E-state index is 0.0813. The third-order valence-corrected chi connectivity index (χ3v) is 4.41. The minimum Gasteiger partial charge on any atom is -0.466 e. The highest BCUT2D eigenvalue weighted by Gasteiger charge is 2.07. The normalized spacial score (nSPS) is 10.0. The maximum Gasteiger partial charge on any atom is 0.411 e. The quantitative estimate of drug-likeness (QED) is 0.197. The molecule has 0 saturated heterocycles. The van der Waals surface area contributed by atoms with Crippen molar-refractivity contribution in [1.82, 2.24) is 5.32 Å². The van der Waals surface area contributed by atoms with Gasteiger partial charge in [-0.05, 0) is 30.7 Å². The number of carbonyl (C=O) groups is 4. The number of alkyl carbamates (subject to hydrolysis) is 1. The summed E-state index contributed by atoms with van der Waals surface area (Å²) in [4.78, 5) is 46.6. The number of nitrogens with one attached hydrogen (secondary N) is 3. The molecule has 0 radical (unpaired) electrons. The number of hydrogen-bond acceptors (Lipinski definition) is 8.